The third-order valence-electron chi connectivity index (χ3n) is 8.53. The van der Waals surface area contributed by atoms with E-state index in [1.165, 1.54) is 18.3 Å². The SMILES string of the molecule is NC(=O)[C@H](Cc1ccc(-c2ccccc2)cc1)Nc1cncc(F)c1CC[C@@H]1CN[C@H](c2nc3ccc(C(=O)NCC(F)(F)F)cc3[nH]2)CO1. The third kappa shape index (κ3) is 8.62. The van der Waals surface area contributed by atoms with Crippen molar-refractivity contribution in [1.29, 1.82) is 0 Å². The monoisotopic (exact) mass is 689 g/mol. The van der Waals surface area contributed by atoms with Crippen molar-refractivity contribution in [3.05, 3.63) is 114 Å². The van der Waals surface area contributed by atoms with Crippen LogP contribution in [-0.2, 0) is 22.4 Å². The number of carbonyl (C=O) groups is 2. The van der Waals surface area contributed by atoms with Crippen LogP contribution in [0.4, 0.5) is 23.2 Å². The van der Waals surface area contributed by atoms with Crippen LogP contribution in [0.1, 0.15) is 39.8 Å². The van der Waals surface area contributed by atoms with Crippen LogP contribution in [0.25, 0.3) is 22.2 Å². The molecule has 0 saturated carbocycles. The summed E-state index contributed by atoms with van der Waals surface area (Å²) in [5, 5.41) is 8.34. The summed E-state index contributed by atoms with van der Waals surface area (Å²) in [5.41, 5.74) is 10.6. The fourth-order valence-electron chi connectivity index (χ4n) is 5.86. The number of aromatic amines is 1. The highest BCUT2D eigenvalue weighted by atomic mass is 19.4. The fourth-order valence-corrected chi connectivity index (χ4v) is 5.86. The van der Waals surface area contributed by atoms with Gasteiger partial charge in [0.05, 0.1) is 47.9 Å². The number of benzene rings is 3. The van der Waals surface area contributed by atoms with Crippen molar-refractivity contribution in [1.82, 2.24) is 25.6 Å². The van der Waals surface area contributed by atoms with E-state index < -0.39 is 36.4 Å². The van der Waals surface area contributed by atoms with Crippen LogP contribution in [0.15, 0.2) is 85.2 Å². The summed E-state index contributed by atoms with van der Waals surface area (Å²) in [6.45, 7) is -0.738. The number of hydrogen-bond acceptors (Lipinski definition) is 7. The molecule has 1 aliphatic heterocycles. The predicted molar refractivity (Wildman–Crippen MR) is 180 cm³/mol. The molecule has 14 heteroatoms. The fraction of sp³-hybridized carbons (Fsp3) is 0.278. The molecular weight excluding hydrogens is 654 g/mol. The number of fused-ring (bicyclic) bond motifs is 1. The molecule has 0 radical (unpaired) electrons. The zero-order chi connectivity index (χ0) is 35.3. The molecule has 3 heterocycles. The van der Waals surface area contributed by atoms with Gasteiger partial charge in [-0.2, -0.15) is 13.2 Å². The van der Waals surface area contributed by atoms with Crippen LogP contribution < -0.4 is 21.7 Å². The lowest BCUT2D eigenvalue weighted by Crippen LogP contribution is -2.41. The molecule has 2 aromatic heterocycles. The summed E-state index contributed by atoms with van der Waals surface area (Å²) in [6.07, 6.45) is -1.09. The van der Waals surface area contributed by atoms with E-state index in [0.717, 1.165) is 22.9 Å². The molecule has 6 N–H and O–H groups in total. The largest absolute Gasteiger partial charge is 0.405 e. The molecule has 3 atom stereocenters. The van der Waals surface area contributed by atoms with E-state index in [1.54, 1.807) is 6.07 Å². The van der Waals surface area contributed by atoms with E-state index in [1.807, 2.05) is 59.9 Å². The van der Waals surface area contributed by atoms with Gasteiger partial charge in [0.15, 0.2) is 0 Å². The maximum atomic E-state index is 15.1. The van der Waals surface area contributed by atoms with Gasteiger partial charge < -0.3 is 31.4 Å². The number of morpholine rings is 1. The number of pyridine rings is 1. The topological polar surface area (TPSA) is 147 Å². The summed E-state index contributed by atoms with van der Waals surface area (Å²) >= 11 is 0. The van der Waals surface area contributed by atoms with Crippen molar-refractivity contribution in [2.75, 3.05) is 25.0 Å². The zero-order valence-electron chi connectivity index (χ0n) is 26.8. The van der Waals surface area contributed by atoms with Gasteiger partial charge >= 0.3 is 6.18 Å². The third-order valence-corrected chi connectivity index (χ3v) is 8.53. The lowest BCUT2D eigenvalue weighted by molar-refractivity contribution is -0.123. The summed E-state index contributed by atoms with van der Waals surface area (Å²) in [4.78, 5) is 36.3. The number of amides is 2. The minimum atomic E-state index is -4.51. The van der Waals surface area contributed by atoms with Crippen LogP contribution in [0, 0.1) is 5.82 Å². The highest BCUT2D eigenvalue weighted by Gasteiger charge is 2.29. The summed E-state index contributed by atoms with van der Waals surface area (Å²) < 4.78 is 58.6. The predicted octanol–water partition coefficient (Wildman–Crippen LogP) is 5.23. The second kappa shape index (κ2) is 15.0. The lowest BCUT2D eigenvalue weighted by Gasteiger charge is -2.29. The molecular formula is C36H35F4N7O3. The van der Waals surface area contributed by atoms with E-state index >= 15 is 4.39 Å². The maximum Gasteiger partial charge on any atom is 0.405 e. The van der Waals surface area contributed by atoms with Gasteiger partial charge in [0.1, 0.15) is 24.2 Å². The second-order valence-corrected chi connectivity index (χ2v) is 12.1. The van der Waals surface area contributed by atoms with E-state index in [4.69, 9.17) is 10.5 Å². The smallest absolute Gasteiger partial charge is 0.375 e. The van der Waals surface area contributed by atoms with Gasteiger partial charge in [-0.25, -0.2) is 9.37 Å². The molecule has 1 aliphatic rings. The first-order chi connectivity index (χ1) is 24.0. The van der Waals surface area contributed by atoms with Crippen LogP contribution in [0.5, 0.6) is 0 Å². The maximum absolute atomic E-state index is 15.1. The summed E-state index contributed by atoms with van der Waals surface area (Å²) in [7, 11) is 0. The number of rotatable bonds is 12. The molecule has 0 unspecified atom stereocenters. The van der Waals surface area contributed by atoms with Crippen molar-refractivity contribution < 1.29 is 31.9 Å². The lowest BCUT2D eigenvalue weighted by atomic mass is 9.99. The number of halogens is 4. The number of hydrogen-bond donors (Lipinski definition) is 5. The Labute approximate surface area is 284 Å². The number of carbonyl (C=O) groups excluding carboxylic acids is 2. The molecule has 0 bridgehead atoms. The van der Waals surface area contributed by atoms with E-state index in [9.17, 15) is 22.8 Å². The number of H-pyrrole nitrogens is 1. The number of imidazole rings is 1. The molecule has 260 valence electrons. The molecule has 10 nitrogen and oxygen atoms in total. The summed E-state index contributed by atoms with van der Waals surface area (Å²) in [5.74, 6) is -1.39. The Morgan fingerprint density at radius 3 is 2.48 bits per heavy atom. The molecule has 0 aliphatic carbocycles. The Kier molecular flexibility index (Phi) is 10.4. The van der Waals surface area contributed by atoms with Crippen molar-refractivity contribution in [2.24, 2.45) is 5.73 Å². The number of anilines is 1. The molecule has 3 aromatic carbocycles. The Bertz CT molecular complexity index is 1940. The number of aromatic nitrogens is 3. The number of nitrogens with zero attached hydrogens (tertiary/aromatic N) is 2. The van der Waals surface area contributed by atoms with Crippen LogP contribution in [0.3, 0.4) is 0 Å². The normalized spacial score (nSPS) is 17.0. The van der Waals surface area contributed by atoms with Gasteiger partial charge in [-0.15, -0.1) is 0 Å². The van der Waals surface area contributed by atoms with E-state index in [-0.39, 0.29) is 24.3 Å². The van der Waals surface area contributed by atoms with Gasteiger partial charge in [-0.3, -0.25) is 14.6 Å². The van der Waals surface area contributed by atoms with E-state index in [2.05, 4.69) is 25.6 Å². The minimum Gasteiger partial charge on any atom is -0.375 e. The first-order valence-corrected chi connectivity index (χ1v) is 16.0. The standard InChI is InChI=1S/C36H35F4N7O3/c37-27-17-42-18-31(45-30(33(41)48)14-21-6-8-23(9-7-21)22-4-2-1-3-5-22)26(27)12-11-25-16-43-32(19-50-25)34-46-28-13-10-24(15-29(28)47-34)35(49)44-20-36(38,39)40/h1-10,13,15,17-18,25,30,32,43,45H,11-12,14,16,19-20H2,(H2,41,48)(H,44,49)(H,46,47)/t25-,30+,32+/m1/s1. The first kappa shape index (κ1) is 34.5. The average Bonchev–Trinajstić information content (AvgIpc) is 3.54. The van der Waals surface area contributed by atoms with Gasteiger partial charge in [-0.1, -0.05) is 54.6 Å². The molecule has 50 heavy (non-hydrogen) atoms. The van der Waals surface area contributed by atoms with Gasteiger partial charge in [-0.05, 0) is 47.7 Å². The van der Waals surface area contributed by atoms with Crippen LogP contribution >= 0.6 is 0 Å². The Morgan fingerprint density at radius 1 is 1.02 bits per heavy atom. The highest BCUT2D eigenvalue weighted by molar-refractivity contribution is 5.97. The van der Waals surface area contributed by atoms with Crippen molar-refractivity contribution in [2.45, 2.75) is 43.6 Å². The molecule has 5 aromatic rings. The number of ether oxygens (including phenoxy) is 1. The molecule has 2 amide bonds. The van der Waals surface area contributed by atoms with Crippen LogP contribution in [0.2, 0.25) is 0 Å². The van der Waals surface area contributed by atoms with Crippen molar-refractivity contribution in [3.8, 4) is 11.1 Å². The van der Waals surface area contributed by atoms with Gasteiger partial charge in [0, 0.05) is 24.1 Å². The molecule has 0 spiro atoms. The first-order valence-electron chi connectivity index (χ1n) is 16.0. The van der Waals surface area contributed by atoms with Gasteiger partial charge in [0.2, 0.25) is 5.91 Å². The molecule has 1 fully saturated rings. The molecule has 6 rings (SSSR count). The quantitative estimate of drug-likeness (QED) is 0.113. The van der Waals surface area contributed by atoms with Crippen molar-refractivity contribution >= 4 is 28.5 Å². The Balaban J connectivity index is 1.04. The van der Waals surface area contributed by atoms with E-state index in [0.29, 0.717) is 53.9 Å². The molecule has 1 saturated heterocycles. The van der Waals surface area contributed by atoms with Crippen molar-refractivity contribution in [3.63, 3.8) is 0 Å². The number of nitrogens with one attached hydrogen (secondary N) is 4. The number of alkyl halides is 3. The average molecular weight is 690 g/mol. The number of primary amides is 1. The second-order valence-electron chi connectivity index (χ2n) is 12.1. The summed E-state index contributed by atoms with van der Waals surface area (Å²) in [6, 6.07) is 21.1. The zero-order valence-corrected chi connectivity index (χ0v) is 26.8. The Hall–Kier alpha value is -5.34. The number of nitrogens with two attached hydrogens (primary N) is 1. The minimum absolute atomic E-state index is 0.0710. The van der Waals surface area contributed by atoms with Gasteiger partial charge in [0.25, 0.3) is 5.91 Å². The Morgan fingerprint density at radius 2 is 1.78 bits per heavy atom. The highest BCUT2D eigenvalue weighted by Crippen LogP contribution is 2.26. The van der Waals surface area contributed by atoms with Crippen LogP contribution in [-0.4, -0.2) is 64.8 Å².